The number of hydrogen-bond donors (Lipinski definition) is 0. The van der Waals surface area contributed by atoms with Gasteiger partial charge in [-0.25, -0.2) is 9.59 Å². The molecule has 0 amide bonds. The summed E-state index contributed by atoms with van der Waals surface area (Å²) in [6.07, 6.45) is 7.87. The molecule has 0 spiro atoms. The van der Waals surface area contributed by atoms with E-state index in [2.05, 4.69) is 56.5 Å². The van der Waals surface area contributed by atoms with E-state index in [-0.39, 0.29) is 23.2 Å². The maximum absolute atomic E-state index is 12.4. The van der Waals surface area contributed by atoms with Gasteiger partial charge in [-0.15, -0.1) is 0 Å². The Bertz CT molecular complexity index is 493. The summed E-state index contributed by atoms with van der Waals surface area (Å²) in [7, 11) is 0. The Hall–Kier alpha value is -1.14. The van der Waals surface area contributed by atoms with Gasteiger partial charge in [-0.2, -0.15) is 0 Å². The lowest BCUT2D eigenvalue weighted by Crippen LogP contribution is -2.30. The molecule has 1 atom stereocenters. The van der Waals surface area contributed by atoms with Crippen molar-refractivity contribution in [2.24, 2.45) is 22.2 Å². The smallest absolute Gasteiger partial charge is 0.266 e. The molecule has 6 nitrogen and oxygen atoms in total. The second kappa shape index (κ2) is 13.3. The third kappa shape index (κ3) is 16.6. The summed E-state index contributed by atoms with van der Waals surface area (Å²) in [5, 5.41) is 8.70. The average Bonchev–Trinajstić information content (AvgIpc) is 2.55. The van der Waals surface area contributed by atoms with Gasteiger partial charge in [0.15, 0.2) is 0 Å². The van der Waals surface area contributed by atoms with Crippen LogP contribution in [0.15, 0.2) is 0 Å². The first-order valence-corrected chi connectivity index (χ1v) is 11.4. The molecule has 0 aromatic rings. The van der Waals surface area contributed by atoms with Crippen LogP contribution in [-0.4, -0.2) is 11.9 Å². The highest BCUT2D eigenvalue weighted by atomic mass is 17.7. The van der Waals surface area contributed by atoms with Crippen molar-refractivity contribution in [1.29, 1.82) is 0 Å². The summed E-state index contributed by atoms with van der Waals surface area (Å²) < 4.78 is 0. The summed E-state index contributed by atoms with van der Waals surface area (Å²) in [6.45, 7) is 19.2. The molecule has 0 aromatic carbocycles. The standard InChI is InChI=1S/C24H46O6/c1-22(2,3)17-13-10-11-16-20(25)27-29-30-28-21(26)19(24(7,8)9)15-12-14-18-23(4,5)6/h19H,10-18H2,1-9H3. The maximum Gasteiger partial charge on any atom is 0.349 e. The van der Waals surface area contributed by atoms with Crippen LogP contribution in [-0.2, 0) is 29.4 Å². The summed E-state index contributed by atoms with van der Waals surface area (Å²) in [5.41, 5.74) is 0.315. The van der Waals surface area contributed by atoms with Crippen LogP contribution < -0.4 is 0 Å². The molecule has 0 aliphatic carbocycles. The fraction of sp³-hybridized carbons (Fsp3) is 0.917. The first-order chi connectivity index (χ1) is 13.6. The van der Waals surface area contributed by atoms with Gasteiger partial charge in [-0.05, 0) is 41.9 Å². The molecule has 178 valence electrons. The predicted molar refractivity (Wildman–Crippen MR) is 118 cm³/mol. The van der Waals surface area contributed by atoms with Crippen LogP contribution in [0.4, 0.5) is 0 Å². The van der Waals surface area contributed by atoms with Crippen LogP contribution in [0.5, 0.6) is 0 Å². The Morgan fingerprint density at radius 2 is 1.17 bits per heavy atom. The van der Waals surface area contributed by atoms with Gasteiger partial charge in [-0.3, -0.25) is 9.78 Å². The third-order valence-corrected chi connectivity index (χ3v) is 5.08. The Balaban J connectivity index is 4.09. The van der Waals surface area contributed by atoms with Gasteiger partial charge in [-0.1, -0.05) is 88.0 Å². The van der Waals surface area contributed by atoms with Crippen LogP contribution in [0.25, 0.3) is 0 Å². The molecule has 0 rings (SSSR count). The van der Waals surface area contributed by atoms with Gasteiger partial charge in [0.1, 0.15) is 0 Å². The van der Waals surface area contributed by atoms with Crippen molar-refractivity contribution in [2.75, 3.05) is 0 Å². The lowest BCUT2D eigenvalue weighted by atomic mass is 9.77. The molecule has 0 radical (unpaired) electrons. The molecule has 0 saturated carbocycles. The predicted octanol–water partition coefficient (Wildman–Crippen LogP) is 7.12. The summed E-state index contributed by atoms with van der Waals surface area (Å²) >= 11 is 0. The van der Waals surface area contributed by atoms with Crippen LogP contribution in [0.3, 0.4) is 0 Å². The molecular weight excluding hydrogens is 384 g/mol. The Morgan fingerprint density at radius 3 is 1.67 bits per heavy atom. The topological polar surface area (TPSA) is 71.1 Å². The van der Waals surface area contributed by atoms with Gasteiger partial charge in [0.25, 0.3) is 0 Å². The molecule has 0 aliphatic heterocycles. The highest BCUT2D eigenvalue weighted by Crippen LogP contribution is 2.32. The maximum atomic E-state index is 12.4. The van der Waals surface area contributed by atoms with E-state index in [9.17, 15) is 9.59 Å². The van der Waals surface area contributed by atoms with Crippen molar-refractivity contribution in [2.45, 2.75) is 120 Å². The average molecular weight is 431 g/mol. The summed E-state index contributed by atoms with van der Waals surface area (Å²) in [5.74, 6) is -1.40. The Labute approximate surface area is 184 Å². The van der Waals surface area contributed by atoms with Gasteiger partial charge >= 0.3 is 11.9 Å². The normalized spacial score (nSPS) is 13.8. The summed E-state index contributed by atoms with van der Waals surface area (Å²) in [4.78, 5) is 33.2. The molecule has 0 fully saturated rings. The van der Waals surface area contributed by atoms with E-state index in [0.717, 1.165) is 44.9 Å². The number of carbonyl (C=O) groups excluding carboxylic acids is 2. The van der Waals surface area contributed by atoms with E-state index in [1.54, 1.807) is 0 Å². The second-order valence-corrected chi connectivity index (χ2v) is 11.8. The SMILES string of the molecule is CC(C)(C)CCCCCC(=O)OOOOC(=O)C(CCCCC(C)(C)C)C(C)(C)C. The molecular formula is C24H46O6. The molecule has 0 N–H and O–H groups in total. The molecule has 6 heteroatoms. The van der Waals surface area contributed by atoms with Crippen molar-refractivity contribution in [3.05, 3.63) is 0 Å². The number of unbranched alkanes of at least 4 members (excludes halogenated alkanes) is 3. The van der Waals surface area contributed by atoms with E-state index in [4.69, 9.17) is 4.89 Å². The Morgan fingerprint density at radius 1 is 0.667 bits per heavy atom. The Kier molecular flexibility index (Phi) is 12.8. The molecule has 0 aliphatic rings. The number of rotatable bonds is 13. The monoisotopic (exact) mass is 430 g/mol. The van der Waals surface area contributed by atoms with Gasteiger partial charge < -0.3 is 0 Å². The molecule has 0 bridgehead atoms. The minimum absolute atomic E-state index is 0.236. The van der Waals surface area contributed by atoms with E-state index in [1.807, 2.05) is 20.8 Å². The zero-order valence-electron chi connectivity index (χ0n) is 20.9. The fourth-order valence-corrected chi connectivity index (χ4v) is 3.21. The van der Waals surface area contributed by atoms with Gasteiger partial charge in [0, 0.05) is 16.5 Å². The molecule has 0 heterocycles. The zero-order valence-corrected chi connectivity index (χ0v) is 20.9. The fourth-order valence-electron chi connectivity index (χ4n) is 3.21. The lowest BCUT2D eigenvalue weighted by Gasteiger charge is -2.28. The minimum Gasteiger partial charge on any atom is -0.266 e. The van der Waals surface area contributed by atoms with E-state index < -0.39 is 11.9 Å². The van der Waals surface area contributed by atoms with Crippen molar-refractivity contribution < 1.29 is 29.4 Å². The molecule has 30 heavy (non-hydrogen) atoms. The number of hydrogen-bond acceptors (Lipinski definition) is 6. The minimum atomic E-state index is -0.545. The lowest BCUT2D eigenvalue weighted by molar-refractivity contribution is -0.601. The largest absolute Gasteiger partial charge is 0.349 e. The van der Waals surface area contributed by atoms with Gasteiger partial charge in [0.2, 0.25) is 0 Å². The van der Waals surface area contributed by atoms with Crippen LogP contribution >= 0.6 is 0 Å². The van der Waals surface area contributed by atoms with E-state index in [1.165, 1.54) is 0 Å². The molecule has 1 unspecified atom stereocenters. The highest BCUT2D eigenvalue weighted by Gasteiger charge is 2.33. The van der Waals surface area contributed by atoms with Crippen molar-refractivity contribution in [1.82, 2.24) is 0 Å². The zero-order chi connectivity index (χ0) is 23.4. The molecule has 0 aromatic heterocycles. The van der Waals surface area contributed by atoms with Gasteiger partial charge in [0.05, 0.1) is 5.92 Å². The number of carbonyl (C=O) groups is 2. The second-order valence-electron chi connectivity index (χ2n) is 11.8. The van der Waals surface area contributed by atoms with Crippen LogP contribution in [0.2, 0.25) is 0 Å². The quantitative estimate of drug-likeness (QED) is 0.176. The first kappa shape index (κ1) is 28.9. The van der Waals surface area contributed by atoms with Crippen molar-refractivity contribution >= 4 is 11.9 Å². The molecule has 0 saturated heterocycles. The van der Waals surface area contributed by atoms with E-state index >= 15 is 0 Å². The van der Waals surface area contributed by atoms with Crippen molar-refractivity contribution in [3.63, 3.8) is 0 Å². The van der Waals surface area contributed by atoms with Crippen LogP contribution in [0.1, 0.15) is 120 Å². The van der Waals surface area contributed by atoms with Crippen LogP contribution in [0, 0.1) is 22.2 Å². The third-order valence-electron chi connectivity index (χ3n) is 5.08. The first-order valence-electron chi connectivity index (χ1n) is 11.4. The highest BCUT2D eigenvalue weighted by molar-refractivity contribution is 5.72. The van der Waals surface area contributed by atoms with E-state index in [0.29, 0.717) is 11.8 Å². The van der Waals surface area contributed by atoms with Crippen molar-refractivity contribution in [3.8, 4) is 0 Å². The summed E-state index contributed by atoms with van der Waals surface area (Å²) in [6, 6.07) is 0.